The van der Waals surface area contributed by atoms with E-state index in [1.54, 1.807) is 0 Å². The van der Waals surface area contributed by atoms with E-state index >= 15 is 0 Å². The highest BCUT2D eigenvalue weighted by Crippen LogP contribution is 2.16. The van der Waals surface area contributed by atoms with Crippen molar-refractivity contribution in [2.75, 3.05) is 7.05 Å². The maximum Gasteiger partial charge on any atom is 0.00640 e. The summed E-state index contributed by atoms with van der Waals surface area (Å²) in [6, 6.07) is 0.770. The van der Waals surface area contributed by atoms with Gasteiger partial charge in [0.1, 0.15) is 0 Å². The lowest BCUT2D eigenvalue weighted by Crippen LogP contribution is -2.24. The molecule has 0 saturated heterocycles. The first kappa shape index (κ1) is 32.0. The van der Waals surface area contributed by atoms with Crippen molar-refractivity contribution in [2.24, 2.45) is 0 Å². The van der Waals surface area contributed by atoms with Crippen molar-refractivity contribution in [2.45, 2.75) is 193 Å². The zero-order valence-electron chi connectivity index (χ0n) is 23.2. The highest BCUT2D eigenvalue weighted by atomic mass is 14.9. The van der Waals surface area contributed by atoms with Crippen molar-refractivity contribution in [3.05, 3.63) is 0 Å². The molecule has 1 unspecified atom stereocenters. The third-order valence-corrected chi connectivity index (χ3v) is 7.47. The quantitative estimate of drug-likeness (QED) is 0.117. The average Bonchev–Trinajstić information content (AvgIpc) is 2.81. The number of nitrogens with one attached hydrogen (secondary N) is 1. The van der Waals surface area contributed by atoms with Gasteiger partial charge in [-0.2, -0.15) is 0 Å². The molecule has 0 aromatic rings. The largest absolute Gasteiger partial charge is 0.317 e. The Morgan fingerprint density at radius 1 is 0.344 bits per heavy atom. The Bertz CT molecular complexity index is 314. The van der Waals surface area contributed by atoms with Gasteiger partial charge in [-0.1, -0.05) is 174 Å². The van der Waals surface area contributed by atoms with E-state index in [1.165, 1.54) is 173 Å². The summed E-state index contributed by atoms with van der Waals surface area (Å²) in [6.45, 7) is 4.61. The Hall–Kier alpha value is -0.0400. The van der Waals surface area contributed by atoms with Crippen LogP contribution >= 0.6 is 0 Å². The van der Waals surface area contributed by atoms with E-state index in [4.69, 9.17) is 0 Å². The van der Waals surface area contributed by atoms with E-state index in [1.807, 2.05) is 0 Å². The van der Waals surface area contributed by atoms with Gasteiger partial charge >= 0.3 is 0 Å². The molecule has 1 heteroatoms. The van der Waals surface area contributed by atoms with Crippen LogP contribution in [0.3, 0.4) is 0 Å². The van der Waals surface area contributed by atoms with Gasteiger partial charge in [0.2, 0.25) is 0 Å². The summed E-state index contributed by atoms with van der Waals surface area (Å²) in [7, 11) is 2.17. The number of hydrogen-bond donors (Lipinski definition) is 1. The monoisotopic (exact) mass is 452 g/mol. The predicted molar refractivity (Wildman–Crippen MR) is 149 cm³/mol. The molecule has 0 aromatic heterocycles. The molecule has 0 saturated carbocycles. The van der Waals surface area contributed by atoms with E-state index in [0.717, 1.165) is 6.04 Å². The van der Waals surface area contributed by atoms with E-state index in [2.05, 4.69) is 26.2 Å². The molecule has 0 amide bonds. The van der Waals surface area contributed by atoms with Gasteiger partial charge in [0, 0.05) is 6.04 Å². The third-order valence-electron chi connectivity index (χ3n) is 7.47. The first-order valence-electron chi connectivity index (χ1n) is 15.5. The molecular formula is C31H65N. The SMILES string of the molecule is CCCCCCCCCCCCCCCCCCCCC(CCCCCCCCC)NC. The van der Waals surface area contributed by atoms with Gasteiger partial charge in [-0.15, -0.1) is 0 Å². The molecule has 0 spiro atoms. The lowest BCUT2D eigenvalue weighted by Gasteiger charge is -2.16. The van der Waals surface area contributed by atoms with Crippen LogP contribution in [0, 0.1) is 0 Å². The number of unbranched alkanes of at least 4 members (excludes halogenated alkanes) is 23. The molecule has 1 nitrogen and oxygen atoms in total. The zero-order chi connectivity index (χ0) is 23.4. The number of hydrogen-bond acceptors (Lipinski definition) is 1. The minimum Gasteiger partial charge on any atom is -0.317 e. The summed E-state index contributed by atoms with van der Waals surface area (Å²) in [6.07, 6.45) is 39.2. The normalized spacial score (nSPS) is 12.5. The van der Waals surface area contributed by atoms with Crippen LogP contribution in [0.2, 0.25) is 0 Å². The topological polar surface area (TPSA) is 12.0 Å². The molecule has 0 radical (unpaired) electrons. The predicted octanol–water partition coefficient (Wildman–Crippen LogP) is 11.1. The van der Waals surface area contributed by atoms with Gasteiger partial charge in [0.05, 0.1) is 0 Å². The number of rotatable bonds is 28. The molecule has 0 bridgehead atoms. The van der Waals surface area contributed by atoms with Crippen LogP contribution in [0.25, 0.3) is 0 Å². The van der Waals surface area contributed by atoms with Crippen molar-refractivity contribution in [3.8, 4) is 0 Å². The van der Waals surface area contributed by atoms with Gasteiger partial charge < -0.3 is 5.32 Å². The lowest BCUT2D eigenvalue weighted by molar-refractivity contribution is 0.434. The molecule has 0 heterocycles. The van der Waals surface area contributed by atoms with Gasteiger partial charge in [-0.05, 0) is 19.9 Å². The summed E-state index contributed by atoms with van der Waals surface area (Å²) in [4.78, 5) is 0. The van der Waals surface area contributed by atoms with Crippen LogP contribution in [-0.4, -0.2) is 13.1 Å². The summed E-state index contributed by atoms with van der Waals surface area (Å²) in [5.74, 6) is 0. The van der Waals surface area contributed by atoms with Crippen LogP contribution in [0.1, 0.15) is 187 Å². The molecule has 0 aliphatic heterocycles. The van der Waals surface area contributed by atoms with Crippen LogP contribution < -0.4 is 5.32 Å². The van der Waals surface area contributed by atoms with Crippen molar-refractivity contribution < 1.29 is 0 Å². The Morgan fingerprint density at radius 3 is 0.781 bits per heavy atom. The lowest BCUT2D eigenvalue weighted by atomic mass is 9.99. The summed E-state index contributed by atoms with van der Waals surface area (Å²) in [5.41, 5.74) is 0. The van der Waals surface area contributed by atoms with Gasteiger partial charge in [0.15, 0.2) is 0 Å². The molecule has 0 fully saturated rings. The second-order valence-corrected chi connectivity index (χ2v) is 10.7. The van der Waals surface area contributed by atoms with Crippen LogP contribution in [0.5, 0.6) is 0 Å². The second kappa shape index (κ2) is 29.0. The van der Waals surface area contributed by atoms with Gasteiger partial charge in [-0.3, -0.25) is 0 Å². The Morgan fingerprint density at radius 2 is 0.562 bits per heavy atom. The third kappa shape index (κ3) is 26.2. The van der Waals surface area contributed by atoms with Gasteiger partial charge in [0.25, 0.3) is 0 Å². The Kier molecular flexibility index (Phi) is 29.0. The van der Waals surface area contributed by atoms with Crippen molar-refractivity contribution >= 4 is 0 Å². The Balaban J connectivity index is 3.21. The molecular weight excluding hydrogens is 386 g/mol. The molecule has 0 aliphatic rings. The molecule has 1 N–H and O–H groups in total. The first-order chi connectivity index (χ1) is 15.8. The summed E-state index contributed by atoms with van der Waals surface area (Å²) < 4.78 is 0. The average molecular weight is 452 g/mol. The molecule has 32 heavy (non-hydrogen) atoms. The minimum absolute atomic E-state index is 0.770. The fraction of sp³-hybridized carbons (Fsp3) is 1.00. The molecule has 0 rings (SSSR count). The van der Waals surface area contributed by atoms with Gasteiger partial charge in [-0.25, -0.2) is 0 Å². The highest BCUT2D eigenvalue weighted by Gasteiger charge is 2.05. The summed E-state index contributed by atoms with van der Waals surface area (Å²) in [5, 5.41) is 3.57. The van der Waals surface area contributed by atoms with Crippen LogP contribution in [-0.2, 0) is 0 Å². The van der Waals surface area contributed by atoms with Crippen molar-refractivity contribution in [1.82, 2.24) is 5.32 Å². The highest BCUT2D eigenvalue weighted by molar-refractivity contribution is 4.65. The zero-order valence-corrected chi connectivity index (χ0v) is 23.2. The minimum atomic E-state index is 0.770. The fourth-order valence-corrected chi connectivity index (χ4v) is 5.07. The molecule has 194 valence electrons. The molecule has 0 aliphatic carbocycles. The Labute approximate surface area is 205 Å². The maximum atomic E-state index is 3.57. The van der Waals surface area contributed by atoms with Crippen LogP contribution in [0.15, 0.2) is 0 Å². The van der Waals surface area contributed by atoms with Crippen molar-refractivity contribution in [3.63, 3.8) is 0 Å². The smallest absolute Gasteiger partial charge is 0.00640 e. The summed E-state index contributed by atoms with van der Waals surface area (Å²) >= 11 is 0. The first-order valence-corrected chi connectivity index (χ1v) is 15.5. The second-order valence-electron chi connectivity index (χ2n) is 10.7. The molecule has 0 aromatic carbocycles. The van der Waals surface area contributed by atoms with E-state index in [0.29, 0.717) is 0 Å². The van der Waals surface area contributed by atoms with Crippen molar-refractivity contribution in [1.29, 1.82) is 0 Å². The fourth-order valence-electron chi connectivity index (χ4n) is 5.07. The van der Waals surface area contributed by atoms with E-state index in [9.17, 15) is 0 Å². The van der Waals surface area contributed by atoms with Crippen LogP contribution in [0.4, 0.5) is 0 Å². The van der Waals surface area contributed by atoms with E-state index < -0.39 is 0 Å². The van der Waals surface area contributed by atoms with E-state index in [-0.39, 0.29) is 0 Å². The molecule has 1 atom stereocenters. The maximum absolute atomic E-state index is 3.57. The standard InChI is InChI=1S/C31H65N/c1-4-6-8-10-12-13-14-15-16-17-18-19-20-21-22-24-26-28-30-31(32-3)29-27-25-23-11-9-7-5-2/h31-32H,4-30H2,1-3H3.